The van der Waals surface area contributed by atoms with Gasteiger partial charge in [0.2, 0.25) is 0 Å². The lowest BCUT2D eigenvalue weighted by molar-refractivity contribution is 0.713. The Morgan fingerprint density at radius 2 is 2.06 bits per heavy atom. The highest BCUT2D eigenvalue weighted by molar-refractivity contribution is 5.50. The lowest BCUT2D eigenvalue weighted by Gasteiger charge is -1.99. The summed E-state index contributed by atoms with van der Waals surface area (Å²) in [6.45, 7) is 4.24. The van der Waals surface area contributed by atoms with E-state index in [1.807, 2.05) is 37.5 Å². The molecule has 0 aliphatic heterocycles. The van der Waals surface area contributed by atoms with Crippen LogP contribution in [0.1, 0.15) is 36.6 Å². The molecule has 92 valence electrons. The van der Waals surface area contributed by atoms with Crippen LogP contribution in [0.5, 0.6) is 0 Å². The van der Waals surface area contributed by atoms with Crippen molar-refractivity contribution in [3.8, 4) is 11.8 Å². The zero-order chi connectivity index (χ0) is 13.1. The minimum atomic E-state index is 0.372. The zero-order valence-corrected chi connectivity index (χ0v) is 10.9. The summed E-state index contributed by atoms with van der Waals surface area (Å²) in [4.78, 5) is 0. The summed E-state index contributed by atoms with van der Waals surface area (Å²) >= 11 is 0. The summed E-state index contributed by atoms with van der Waals surface area (Å²) in [6, 6.07) is 7.59. The molecule has 0 bridgehead atoms. The van der Waals surface area contributed by atoms with Gasteiger partial charge < -0.3 is 5.73 Å². The van der Waals surface area contributed by atoms with Gasteiger partial charge in [0.1, 0.15) is 0 Å². The topological polar surface area (TPSA) is 43.8 Å². The lowest BCUT2D eigenvalue weighted by atomic mass is 10.1. The largest absolute Gasteiger partial charge is 0.399 e. The van der Waals surface area contributed by atoms with Crippen molar-refractivity contribution in [1.29, 1.82) is 0 Å². The minimum Gasteiger partial charge on any atom is -0.399 e. The minimum absolute atomic E-state index is 0.372. The third-order valence-corrected chi connectivity index (χ3v) is 2.63. The van der Waals surface area contributed by atoms with Crippen LogP contribution in [-0.4, -0.2) is 9.78 Å². The number of aryl methyl sites for hydroxylation is 1. The number of nitrogen functional groups attached to an aromatic ring is 1. The molecular weight excluding hydrogens is 222 g/mol. The van der Waals surface area contributed by atoms with E-state index < -0.39 is 0 Å². The van der Waals surface area contributed by atoms with Gasteiger partial charge in [-0.25, -0.2) is 0 Å². The number of hydrogen-bond acceptors (Lipinski definition) is 2. The SMILES string of the molecule is CC(C)c1nn(C)cc1C#Cc1cccc(N)c1. The Labute approximate surface area is 108 Å². The Hall–Kier alpha value is -2.21. The Bertz CT molecular complexity index is 612. The monoisotopic (exact) mass is 239 g/mol. The first kappa shape index (κ1) is 12.3. The molecule has 0 fully saturated rings. The van der Waals surface area contributed by atoms with Crippen molar-refractivity contribution in [3.05, 3.63) is 47.3 Å². The maximum atomic E-state index is 5.73. The van der Waals surface area contributed by atoms with E-state index in [-0.39, 0.29) is 0 Å². The fourth-order valence-electron chi connectivity index (χ4n) is 1.78. The van der Waals surface area contributed by atoms with Crippen LogP contribution in [0.3, 0.4) is 0 Å². The Balaban J connectivity index is 2.35. The Morgan fingerprint density at radius 3 is 2.72 bits per heavy atom. The maximum absolute atomic E-state index is 5.73. The quantitative estimate of drug-likeness (QED) is 0.614. The smallest absolute Gasteiger partial charge is 0.0806 e. The first-order valence-electron chi connectivity index (χ1n) is 5.97. The van der Waals surface area contributed by atoms with E-state index in [1.165, 1.54) is 0 Å². The Morgan fingerprint density at radius 1 is 1.28 bits per heavy atom. The van der Waals surface area contributed by atoms with Crippen LogP contribution in [0.2, 0.25) is 0 Å². The lowest BCUT2D eigenvalue weighted by Crippen LogP contribution is -1.93. The standard InChI is InChI=1S/C15H17N3/c1-11(2)15-13(10-18(3)17-15)8-7-12-5-4-6-14(16)9-12/h4-6,9-11H,16H2,1-3H3. The molecule has 0 atom stereocenters. The second-order valence-corrected chi connectivity index (χ2v) is 4.63. The van der Waals surface area contributed by atoms with Gasteiger partial charge in [0, 0.05) is 24.5 Å². The molecule has 0 aliphatic carbocycles. The van der Waals surface area contributed by atoms with Crippen molar-refractivity contribution >= 4 is 5.69 Å². The molecule has 3 heteroatoms. The summed E-state index contributed by atoms with van der Waals surface area (Å²) in [5.74, 6) is 6.67. The highest BCUT2D eigenvalue weighted by Crippen LogP contribution is 2.16. The molecule has 2 aromatic rings. The average molecular weight is 239 g/mol. The van der Waals surface area contributed by atoms with E-state index in [0.29, 0.717) is 5.92 Å². The van der Waals surface area contributed by atoms with Crippen molar-refractivity contribution in [3.63, 3.8) is 0 Å². The van der Waals surface area contributed by atoms with Crippen LogP contribution in [0, 0.1) is 11.8 Å². The first-order valence-corrected chi connectivity index (χ1v) is 5.97. The van der Waals surface area contributed by atoms with E-state index in [4.69, 9.17) is 5.73 Å². The third-order valence-electron chi connectivity index (χ3n) is 2.63. The van der Waals surface area contributed by atoms with Gasteiger partial charge in [-0.2, -0.15) is 5.10 Å². The molecule has 1 aromatic carbocycles. The van der Waals surface area contributed by atoms with E-state index >= 15 is 0 Å². The fourth-order valence-corrected chi connectivity index (χ4v) is 1.78. The zero-order valence-electron chi connectivity index (χ0n) is 10.9. The van der Waals surface area contributed by atoms with Gasteiger partial charge in [-0.3, -0.25) is 4.68 Å². The molecule has 0 amide bonds. The highest BCUT2D eigenvalue weighted by Gasteiger charge is 2.08. The molecular formula is C15H17N3. The number of nitrogens with two attached hydrogens (primary N) is 1. The molecule has 2 N–H and O–H groups in total. The third kappa shape index (κ3) is 2.72. The second-order valence-electron chi connectivity index (χ2n) is 4.63. The number of hydrogen-bond donors (Lipinski definition) is 1. The number of aromatic nitrogens is 2. The van der Waals surface area contributed by atoms with Crippen LogP contribution in [0.4, 0.5) is 5.69 Å². The van der Waals surface area contributed by atoms with Gasteiger partial charge >= 0.3 is 0 Å². The van der Waals surface area contributed by atoms with Crippen LogP contribution < -0.4 is 5.73 Å². The van der Waals surface area contributed by atoms with Gasteiger partial charge in [0.05, 0.1) is 11.3 Å². The van der Waals surface area contributed by atoms with Gasteiger partial charge in [-0.15, -0.1) is 0 Å². The van der Waals surface area contributed by atoms with Crippen molar-refractivity contribution in [1.82, 2.24) is 9.78 Å². The van der Waals surface area contributed by atoms with Crippen molar-refractivity contribution in [2.24, 2.45) is 7.05 Å². The van der Waals surface area contributed by atoms with Gasteiger partial charge in [0.25, 0.3) is 0 Å². The number of anilines is 1. The first-order chi connectivity index (χ1) is 8.56. The molecule has 0 spiro atoms. The molecule has 0 unspecified atom stereocenters. The summed E-state index contributed by atoms with van der Waals surface area (Å²) in [7, 11) is 1.91. The molecule has 2 rings (SSSR count). The van der Waals surface area contributed by atoms with Gasteiger partial charge in [0.15, 0.2) is 0 Å². The summed E-state index contributed by atoms with van der Waals surface area (Å²) in [5, 5.41) is 4.43. The van der Waals surface area contributed by atoms with Gasteiger partial charge in [-0.1, -0.05) is 31.8 Å². The normalized spacial score (nSPS) is 10.2. The number of nitrogens with zero attached hydrogens (tertiary/aromatic N) is 2. The fraction of sp³-hybridized carbons (Fsp3) is 0.267. The second kappa shape index (κ2) is 4.97. The average Bonchev–Trinajstić information content (AvgIpc) is 2.68. The number of benzene rings is 1. The van der Waals surface area contributed by atoms with Crippen LogP contribution in [-0.2, 0) is 7.05 Å². The molecule has 18 heavy (non-hydrogen) atoms. The summed E-state index contributed by atoms with van der Waals surface area (Å²) < 4.78 is 1.80. The Kier molecular flexibility index (Phi) is 3.38. The summed E-state index contributed by atoms with van der Waals surface area (Å²) in [5.41, 5.74) is 9.40. The molecule has 1 heterocycles. The van der Waals surface area contributed by atoms with E-state index in [0.717, 1.165) is 22.5 Å². The highest BCUT2D eigenvalue weighted by atomic mass is 15.3. The molecule has 0 radical (unpaired) electrons. The van der Waals surface area contributed by atoms with Crippen molar-refractivity contribution in [2.75, 3.05) is 5.73 Å². The predicted octanol–water partition coefficient (Wildman–Crippen LogP) is 2.53. The van der Waals surface area contributed by atoms with E-state index in [2.05, 4.69) is 30.8 Å². The van der Waals surface area contributed by atoms with Crippen molar-refractivity contribution < 1.29 is 0 Å². The molecule has 1 aromatic heterocycles. The molecule has 3 nitrogen and oxygen atoms in total. The van der Waals surface area contributed by atoms with Crippen LogP contribution in [0.15, 0.2) is 30.5 Å². The molecule has 0 saturated heterocycles. The van der Waals surface area contributed by atoms with Crippen molar-refractivity contribution in [2.45, 2.75) is 19.8 Å². The van der Waals surface area contributed by atoms with E-state index in [9.17, 15) is 0 Å². The van der Waals surface area contributed by atoms with Crippen LogP contribution >= 0.6 is 0 Å². The predicted molar refractivity (Wildman–Crippen MR) is 74.1 cm³/mol. The van der Waals surface area contributed by atoms with Gasteiger partial charge in [-0.05, 0) is 24.1 Å². The molecule has 0 saturated carbocycles. The maximum Gasteiger partial charge on any atom is 0.0806 e. The van der Waals surface area contributed by atoms with E-state index in [1.54, 1.807) is 4.68 Å². The molecule has 0 aliphatic rings. The number of rotatable bonds is 1. The summed E-state index contributed by atoms with van der Waals surface area (Å²) in [6.07, 6.45) is 1.95. The van der Waals surface area contributed by atoms with Crippen LogP contribution in [0.25, 0.3) is 0 Å².